The molecule has 0 rings (SSSR count). The zero-order chi connectivity index (χ0) is 15.2. The Labute approximate surface area is 109 Å². The van der Waals surface area contributed by atoms with Gasteiger partial charge in [0.1, 0.15) is 12.1 Å². The van der Waals surface area contributed by atoms with Gasteiger partial charge in [-0.15, -0.1) is 0 Å². The van der Waals surface area contributed by atoms with Crippen LogP contribution in [0.2, 0.25) is 0 Å². The Bertz CT molecular complexity index is 384. The number of carboxylic acids is 1. The average molecular weight is 274 g/mol. The first-order valence-electron chi connectivity index (χ1n) is 5.52. The van der Waals surface area contributed by atoms with E-state index in [-0.39, 0.29) is 6.42 Å². The summed E-state index contributed by atoms with van der Waals surface area (Å²) in [6, 6.07) is -3.20. The molecule has 9 heteroatoms. The van der Waals surface area contributed by atoms with Crippen LogP contribution in [0.15, 0.2) is 0 Å². The number of nitrogens with two attached hydrogens (primary N) is 2. The van der Waals surface area contributed by atoms with Crippen LogP contribution in [0, 0.1) is 0 Å². The molecule has 0 aliphatic rings. The molecule has 0 heterocycles. The predicted molar refractivity (Wildman–Crippen MR) is 64.6 cm³/mol. The first-order chi connectivity index (χ1) is 8.65. The highest BCUT2D eigenvalue weighted by Crippen LogP contribution is 1.91. The lowest BCUT2D eigenvalue weighted by molar-refractivity contribution is -0.141. The van der Waals surface area contributed by atoms with Crippen LogP contribution in [0.25, 0.3) is 0 Å². The van der Waals surface area contributed by atoms with Crippen molar-refractivity contribution in [2.45, 2.75) is 38.4 Å². The van der Waals surface area contributed by atoms with Crippen molar-refractivity contribution in [2.24, 2.45) is 11.5 Å². The summed E-state index contributed by atoms with van der Waals surface area (Å²) >= 11 is 0. The normalized spacial score (nSPS) is 14.9. The fourth-order valence-electron chi connectivity index (χ4n) is 1.10. The van der Waals surface area contributed by atoms with Crippen molar-refractivity contribution in [3.8, 4) is 0 Å². The molecule has 0 aromatic rings. The van der Waals surface area contributed by atoms with E-state index in [1.165, 1.54) is 13.8 Å². The Morgan fingerprint density at radius 3 is 1.95 bits per heavy atom. The van der Waals surface area contributed by atoms with Crippen LogP contribution in [-0.4, -0.2) is 46.9 Å². The minimum Gasteiger partial charge on any atom is -0.480 e. The molecule has 3 atom stereocenters. The van der Waals surface area contributed by atoms with Crippen molar-refractivity contribution in [1.29, 1.82) is 0 Å². The molecular weight excluding hydrogens is 256 g/mol. The summed E-state index contributed by atoms with van der Waals surface area (Å²) in [4.78, 5) is 44.1. The Morgan fingerprint density at radius 1 is 1.05 bits per heavy atom. The summed E-state index contributed by atoms with van der Waals surface area (Å²) in [5.74, 6) is -3.32. The molecule has 108 valence electrons. The SMILES string of the molecule is C[C@H](NC(=O)[C@H](C)NC(=O)[C@@H](N)CC(N)=O)C(=O)O. The highest BCUT2D eigenvalue weighted by molar-refractivity contribution is 5.93. The Balaban J connectivity index is 4.32. The van der Waals surface area contributed by atoms with E-state index in [1.807, 2.05) is 0 Å². The number of aliphatic carboxylic acids is 1. The minimum atomic E-state index is -1.20. The fraction of sp³-hybridized carbons (Fsp3) is 0.600. The largest absolute Gasteiger partial charge is 0.480 e. The zero-order valence-corrected chi connectivity index (χ0v) is 10.7. The van der Waals surface area contributed by atoms with Crippen LogP contribution in [-0.2, 0) is 19.2 Å². The molecule has 9 nitrogen and oxygen atoms in total. The minimum absolute atomic E-state index is 0.342. The van der Waals surface area contributed by atoms with Gasteiger partial charge in [-0.05, 0) is 13.8 Å². The van der Waals surface area contributed by atoms with Gasteiger partial charge in [0.2, 0.25) is 17.7 Å². The monoisotopic (exact) mass is 274 g/mol. The van der Waals surface area contributed by atoms with Gasteiger partial charge in [-0.1, -0.05) is 0 Å². The van der Waals surface area contributed by atoms with Gasteiger partial charge in [0.05, 0.1) is 12.5 Å². The van der Waals surface area contributed by atoms with Gasteiger partial charge in [-0.3, -0.25) is 19.2 Å². The van der Waals surface area contributed by atoms with E-state index in [1.54, 1.807) is 0 Å². The maximum absolute atomic E-state index is 11.5. The van der Waals surface area contributed by atoms with Crippen LogP contribution in [0.5, 0.6) is 0 Å². The van der Waals surface area contributed by atoms with E-state index in [4.69, 9.17) is 16.6 Å². The fourth-order valence-corrected chi connectivity index (χ4v) is 1.10. The van der Waals surface area contributed by atoms with Crippen LogP contribution in [0.1, 0.15) is 20.3 Å². The maximum Gasteiger partial charge on any atom is 0.325 e. The molecule has 0 spiro atoms. The lowest BCUT2D eigenvalue weighted by Gasteiger charge is -2.18. The number of hydrogen-bond acceptors (Lipinski definition) is 5. The van der Waals surface area contributed by atoms with Crippen molar-refractivity contribution in [3.05, 3.63) is 0 Å². The van der Waals surface area contributed by atoms with E-state index in [0.717, 1.165) is 0 Å². The van der Waals surface area contributed by atoms with Gasteiger partial charge in [0.25, 0.3) is 0 Å². The predicted octanol–water partition coefficient (Wildman–Crippen LogP) is -2.72. The zero-order valence-electron chi connectivity index (χ0n) is 10.7. The molecule has 0 aliphatic carbocycles. The molecule has 0 aliphatic heterocycles. The number of nitrogens with one attached hydrogen (secondary N) is 2. The third-order valence-electron chi connectivity index (χ3n) is 2.24. The van der Waals surface area contributed by atoms with Crippen molar-refractivity contribution < 1.29 is 24.3 Å². The number of rotatable bonds is 7. The van der Waals surface area contributed by atoms with Crippen molar-refractivity contribution >= 4 is 23.7 Å². The van der Waals surface area contributed by atoms with E-state index < -0.39 is 41.8 Å². The van der Waals surface area contributed by atoms with Gasteiger partial charge in [-0.2, -0.15) is 0 Å². The second kappa shape index (κ2) is 7.31. The molecule has 0 aromatic carbocycles. The first-order valence-corrected chi connectivity index (χ1v) is 5.52. The molecule has 3 amide bonds. The molecule has 0 saturated carbocycles. The number of carboxylic acid groups (broad SMARTS) is 1. The second-order valence-electron chi connectivity index (χ2n) is 4.08. The number of primary amides is 1. The molecule has 0 saturated heterocycles. The van der Waals surface area contributed by atoms with Crippen LogP contribution in [0.4, 0.5) is 0 Å². The molecule has 0 unspecified atom stereocenters. The third-order valence-corrected chi connectivity index (χ3v) is 2.24. The van der Waals surface area contributed by atoms with Crippen LogP contribution < -0.4 is 22.1 Å². The molecule has 0 radical (unpaired) electrons. The molecule has 0 bridgehead atoms. The third kappa shape index (κ3) is 6.36. The molecule has 0 fully saturated rings. The quantitative estimate of drug-likeness (QED) is 0.338. The van der Waals surface area contributed by atoms with E-state index in [0.29, 0.717) is 0 Å². The summed E-state index contributed by atoms with van der Waals surface area (Å²) in [6.45, 7) is 2.65. The van der Waals surface area contributed by atoms with Crippen LogP contribution >= 0.6 is 0 Å². The molecule has 19 heavy (non-hydrogen) atoms. The Kier molecular flexibility index (Phi) is 6.48. The highest BCUT2D eigenvalue weighted by atomic mass is 16.4. The molecule has 0 aromatic heterocycles. The number of amides is 3. The topological polar surface area (TPSA) is 165 Å². The molecule has 7 N–H and O–H groups in total. The second-order valence-corrected chi connectivity index (χ2v) is 4.08. The van der Waals surface area contributed by atoms with Crippen LogP contribution in [0.3, 0.4) is 0 Å². The van der Waals surface area contributed by atoms with E-state index in [9.17, 15) is 19.2 Å². The number of carbonyl (C=O) groups is 4. The standard InChI is InChI=1S/C10H18N4O5/c1-4(8(16)14-5(2)10(18)19)13-9(17)6(11)3-7(12)15/h4-6H,3,11H2,1-2H3,(H2,12,15)(H,13,17)(H,14,16)(H,18,19)/t4-,5-,6-/m0/s1. The Morgan fingerprint density at radius 2 is 1.53 bits per heavy atom. The lowest BCUT2D eigenvalue weighted by atomic mass is 10.2. The Hall–Kier alpha value is -2.16. The van der Waals surface area contributed by atoms with Gasteiger partial charge in [0, 0.05) is 0 Å². The summed E-state index contributed by atoms with van der Waals surface area (Å²) < 4.78 is 0. The van der Waals surface area contributed by atoms with Gasteiger partial charge in [-0.25, -0.2) is 0 Å². The van der Waals surface area contributed by atoms with Crippen molar-refractivity contribution in [3.63, 3.8) is 0 Å². The average Bonchev–Trinajstić information content (AvgIpc) is 2.27. The van der Waals surface area contributed by atoms with E-state index >= 15 is 0 Å². The summed E-state index contributed by atoms with van der Waals surface area (Å²) in [5.41, 5.74) is 10.3. The highest BCUT2D eigenvalue weighted by Gasteiger charge is 2.23. The van der Waals surface area contributed by atoms with Gasteiger partial charge in [0.15, 0.2) is 0 Å². The van der Waals surface area contributed by atoms with Gasteiger partial charge >= 0.3 is 5.97 Å². The van der Waals surface area contributed by atoms with Gasteiger partial charge < -0.3 is 27.2 Å². The summed E-state index contributed by atoms with van der Waals surface area (Å²) in [7, 11) is 0. The van der Waals surface area contributed by atoms with Crippen molar-refractivity contribution in [2.75, 3.05) is 0 Å². The lowest BCUT2D eigenvalue weighted by Crippen LogP contribution is -2.53. The summed E-state index contributed by atoms with van der Waals surface area (Å²) in [5, 5.41) is 13.0. The smallest absolute Gasteiger partial charge is 0.325 e. The summed E-state index contributed by atoms with van der Waals surface area (Å²) in [6.07, 6.45) is -0.342. The number of hydrogen-bond donors (Lipinski definition) is 5. The maximum atomic E-state index is 11.5. The van der Waals surface area contributed by atoms with Crippen molar-refractivity contribution in [1.82, 2.24) is 10.6 Å². The molecular formula is C10H18N4O5. The number of carbonyl (C=O) groups excluding carboxylic acids is 3. The first kappa shape index (κ1) is 16.8. The van der Waals surface area contributed by atoms with E-state index in [2.05, 4.69) is 10.6 Å².